The van der Waals surface area contributed by atoms with Crippen LogP contribution in [0.4, 0.5) is 5.82 Å². The molecule has 1 unspecified atom stereocenters. The third-order valence-corrected chi connectivity index (χ3v) is 7.38. The van der Waals surface area contributed by atoms with Crippen LogP contribution in [0.3, 0.4) is 0 Å². The van der Waals surface area contributed by atoms with Crippen molar-refractivity contribution in [3.63, 3.8) is 0 Å². The summed E-state index contributed by atoms with van der Waals surface area (Å²) in [5, 5.41) is 10.7. The first-order chi connectivity index (χ1) is 15.9. The van der Waals surface area contributed by atoms with Gasteiger partial charge in [-0.15, -0.1) is 0 Å². The summed E-state index contributed by atoms with van der Waals surface area (Å²) in [5.41, 5.74) is 7.75. The van der Waals surface area contributed by atoms with Crippen molar-refractivity contribution in [1.29, 1.82) is 0 Å². The van der Waals surface area contributed by atoms with Crippen LogP contribution in [0.5, 0.6) is 0 Å². The summed E-state index contributed by atoms with van der Waals surface area (Å²) in [4.78, 5) is 23.3. The number of hydrogen-bond acceptors (Lipinski definition) is 9. The van der Waals surface area contributed by atoms with Crippen LogP contribution in [-0.4, -0.2) is 79.3 Å². The minimum atomic E-state index is -4.02. The van der Waals surface area contributed by atoms with E-state index < -0.39 is 26.2 Å². The van der Waals surface area contributed by atoms with Crippen LogP contribution < -0.4 is 5.73 Å². The number of ether oxygens (including phenoxy) is 2. The number of nitrogens with two attached hydrogens (primary N) is 1. The highest BCUT2D eigenvalue weighted by Crippen LogP contribution is 2.47. The zero-order chi connectivity index (χ0) is 23.0. The van der Waals surface area contributed by atoms with Gasteiger partial charge in [-0.25, -0.2) is 24.2 Å². The number of hydrogen-bond donors (Lipinski definition) is 3. The van der Waals surface area contributed by atoms with E-state index in [9.17, 15) is 14.6 Å². The van der Waals surface area contributed by atoms with E-state index in [1.807, 2.05) is 30.3 Å². The van der Waals surface area contributed by atoms with Gasteiger partial charge in [0.05, 0.1) is 25.9 Å². The van der Waals surface area contributed by atoms with Crippen LogP contribution in [0.1, 0.15) is 12.6 Å². The zero-order valence-electron chi connectivity index (χ0n) is 17.7. The highest BCUT2D eigenvalue weighted by molar-refractivity contribution is 7.50. The smallest absolute Gasteiger partial charge is 0.390 e. The molecule has 2 saturated heterocycles. The Morgan fingerprint density at radius 1 is 1.21 bits per heavy atom. The lowest BCUT2D eigenvalue weighted by Crippen LogP contribution is -2.35. The predicted molar refractivity (Wildman–Crippen MR) is 118 cm³/mol. The molecule has 0 aliphatic carbocycles. The summed E-state index contributed by atoms with van der Waals surface area (Å²) in [6.45, 7) is 1.08. The number of nitrogens with zero attached hydrogens (tertiary/aromatic N) is 5. The number of nitrogen functional groups attached to an aromatic ring is 1. The van der Waals surface area contributed by atoms with Crippen molar-refractivity contribution in [2.75, 3.05) is 38.6 Å². The predicted octanol–water partition coefficient (Wildman–Crippen LogP) is 1.17. The average Bonchev–Trinajstić information content (AvgIpc) is 3.40. The van der Waals surface area contributed by atoms with Crippen molar-refractivity contribution >= 4 is 24.7 Å². The molecule has 1 aromatic carbocycles. The molecule has 4 N–H and O–H groups in total. The van der Waals surface area contributed by atoms with Crippen molar-refractivity contribution in [1.82, 2.24) is 24.2 Å². The Hall–Kier alpha value is -2.44. The number of fused-ring (bicyclic) bond motifs is 1. The number of imidazole rings is 1. The minimum Gasteiger partial charge on any atom is -0.390 e. The minimum absolute atomic E-state index is 0.219. The van der Waals surface area contributed by atoms with Crippen molar-refractivity contribution in [2.24, 2.45) is 0 Å². The number of morpholine rings is 1. The maximum absolute atomic E-state index is 12.6. The van der Waals surface area contributed by atoms with E-state index in [0.717, 1.165) is 5.56 Å². The normalized spacial score (nSPS) is 25.9. The van der Waals surface area contributed by atoms with E-state index in [0.29, 0.717) is 43.3 Å². The third-order valence-electron chi connectivity index (χ3n) is 5.78. The number of aliphatic hydroxyl groups excluding tert-OH is 1. The van der Waals surface area contributed by atoms with Crippen LogP contribution in [0.25, 0.3) is 22.6 Å². The van der Waals surface area contributed by atoms with Gasteiger partial charge in [0.25, 0.3) is 0 Å². The van der Waals surface area contributed by atoms with Gasteiger partial charge in [0, 0.05) is 25.1 Å². The summed E-state index contributed by atoms with van der Waals surface area (Å²) in [7, 11) is -4.02. The van der Waals surface area contributed by atoms with E-state index in [1.54, 1.807) is 4.57 Å². The second-order valence-corrected chi connectivity index (χ2v) is 9.69. The largest absolute Gasteiger partial charge is 0.405 e. The molecule has 4 atom stereocenters. The number of anilines is 1. The fourth-order valence-electron chi connectivity index (χ4n) is 4.07. The quantitative estimate of drug-likeness (QED) is 0.439. The first kappa shape index (κ1) is 22.4. The topological polar surface area (TPSA) is 158 Å². The van der Waals surface area contributed by atoms with E-state index in [1.165, 1.54) is 11.0 Å². The molecule has 13 heteroatoms. The summed E-state index contributed by atoms with van der Waals surface area (Å²) < 4.78 is 32.4. The Balaban J connectivity index is 1.40. The van der Waals surface area contributed by atoms with Gasteiger partial charge in [0.15, 0.2) is 17.0 Å². The summed E-state index contributed by atoms with van der Waals surface area (Å²) >= 11 is 0. The summed E-state index contributed by atoms with van der Waals surface area (Å²) in [6, 6.07) is 9.48. The molecule has 0 radical (unpaired) electrons. The van der Waals surface area contributed by atoms with Crippen molar-refractivity contribution in [3.8, 4) is 11.4 Å². The van der Waals surface area contributed by atoms with Gasteiger partial charge in [0.1, 0.15) is 24.5 Å². The summed E-state index contributed by atoms with van der Waals surface area (Å²) in [5.74, 6) is 0.804. The maximum Gasteiger partial charge on any atom is 0.405 e. The van der Waals surface area contributed by atoms with Crippen molar-refractivity contribution in [3.05, 3.63) is 36.7 Å². The Morgan fingerprint density at radius 3 is 2.73 bits per heavy atom. The van der Waals surface area contributed by atoms with Crippen LogP contribution in [0.2, 0.25) is 0 Å². The van der Waals surface area contributed by atoms with Crippen LogP contribution >= 0.6 is 7.75 Å². The molecule has 0 amide bonds. The number of aromatic nitrogens is 4. The molecule has 2 fully saturated rings. The van der Waals surface area contributed by atoms with Gasteiger partial charge in [-0.1, -0.05) is 30.3 Å². The Labute approximate surface area is 189 Å². The molecule has 4 heterocycles. The van der Waals surface area contributed by atoms with E-state index >= 15 is 0 Å². The van der Waals surface area contributed by atoms with Crippen molar-refractivity contribution < 1.29 is 28.6 Å². The molecule has 3 aromatic rings. The molecule has 2 aliphatic rings. The van der Waals surface area contributed by atoms with Gasteiger partial charge >= 0.3 is 7.75 Å². The molecule has 12 nitrogen and oxygen atoms in total. The molecule has 176 valence electrons. The lowest BCUT2D eigenvalue weighted by Gasteiger charge is -2.30. The van der Waals surface area contributed by atoms with Crippen LogP contribution in [0.15, 0.2) is 36.7 Å². The van der Waals surface area contributed by atoms with E-state index in [2.05, 4.69) is 15.0 Å². The first-order valence-corrected chi connectivity index (χ1v) is 12.1. The average molecular weight is 476 g/mol. The Morgan fingerprint density at radius 2 is 1.97 bits per heavy atom. The van der Waals surface area contributed by atoms with Gasteiger partial charge in [-0.05, 0) is 0 Å². The highest BCUT2D eigenvalue weighted by atomic mass is 31.2. The zero-order valence-corrected chi connectivity index (χ0v) is 18.6. The second-order valence-electron chi connectivity index (χ2n) is 7.89. The number of benzene rings is 1. The lowest BCUT2D eigenvalue weighted by atomic mass is 10.2. The fraction of sp³-hybridized carbons (Fsp3) is 0.450. The van der Waals surface area contributed by atoms with Gasteiger partial charge in [-0.3, -0.25) is 9.09 Å². The number of rotatable bonds is 6. The molecule has 0 spiro atoms. The summed E-state index contributed by atoms with van der Waals surface area (Å²) in [6.07, 6.45) is -0.793. The molecular formula is C20H25N6O6P. The molecular weight excluding hydrogens is 451 g/mol. The lowest BCUT2D eigenvalue weighted by molar-refractivity contribution is -0.0425. The highest BCUT2D eigenvalue weighted by Gasteiger charge is 2.40. The fourth-order valence-corrected chi connectivity index (χ4v) is 5.24. The van der Waals surface area contributed by atoms with E-state index in [4.69, 9.17) is 19.7 Å². The van der Waals surface area contributed by atoms with Crippen LogP contribution in [-0.2, 0) is 18.6 Å². The molecule has 2 aromatic heterocycles. The van der Waals surface area contributed by atoms with E-state index in [-0.39, 0.29) is 18.8 Å². The number of aliphatic hydroxyl groups is 1. The monoisotopic (exact) mass is 476 g/mol. The molecule has 0 bridgehead atoms. The molecule has 0 saturated carbocycles. The first-order valence-electron chi connectivity index (χ1n) is 10.6. The SMILES string of the molecule is Nc1ncnc2c1nc(-c1ccccc1)n2[C@H]1C[C@H](O)[C@@H](COP(=O)(O)N2CCOCC2)O1. The van der Waals surface area contributed by atoms with Gasteiger partial charge in [-0.2, -0.15) is 0 Å². The maximum atomic E-state index is 12.6. The second kappa shape index (κ2) is 9.07. The van der Waals surface area contributed by atoms with Gasteiger partial charge < -0.3 is 25.2 Å². The molecule has 2 aliphatic heterocycles. The van der Waals surface area contributed by atoms with Crippen molar-refractivity contribution in [2.45, 2.75) is 24.9 Å². The van der Waals surface area contributed by atoms with Gasteiger partial charge in [0.2, 0.25) is 0 Å². The molecule has 5 rings (SSSR count). The Kier molecular flexibility index (Phi) is 6.14. The molecule has 33 heavy (non-hydrogen) atoms. The Bertz CT molecular complexity index is 1170. The van der Waals surface area contributed by atoms with Crippen LogP contribution in [0, 0.1) is 0 Å². The standard InChI is InChI=1S/C20H25N6O6P/c21-18-17-20(23-12-22-18)26(19(24-17)13-4-2-1-3-5-13)16-10-14(27)15(32-16)11-31-33(28,29)25-6-8-30-9-7-25/h1-5,12,14-16,27H,6-11H2,(H,28,29)(H2,21,22,23)/t14-,15+,16+/m0/s1. The third kappa shape index (κ3) is 4.38.